The smallest absolute Gasteiger partial charge is 0.343 e. The van der Waals surface area contributed by atoms with Gasteiger partial charge in [-0.05, 0) is 92.5 Å². The van der Waals surface area contributed by atoms with Crippen LogP contribution in [0.15, 0.2) is 61.2 Å². The largest absolute Gasteiger partial charge is 0.494 e. The molecule has 4 heteroatoms. The maximum absolute atomic E-state index is 12.6. The Hall–Kier alpha value is -2.75. The number of rotatable bonds is 18. The molecule has 1 saturated carbocycles. The van der Waals surface area contributed by atoms with Gasteiger partial charge in [-0.3, -0.25) is 0 Å². The molecule has 0 unspecified atom stereocenters. The molecule has 0 bridgehead atoms. The van der Waals surface area contributed by atoms with Crippen LogP contribution in [0.4, 0.5) is 0 Å². The van der Waals surface area contributed by atoms with E-state index in [-0.39, 0.29) is 5.97 Å². The monoisotopic (exact) mass is 520 g/mol. The lowest BCUT2D eigenvalue weighted by Crippen LogP contribution is -2.20. The van der Waals surface area contributed by atoms with Crippen molar-refractivity contribution in [1.29, 1.82) is 0 Å². The number of carbonyl (C=O) groups excluding carboxylic acids is 1. The second-order valence-electron chi connectivity index (χ2n) is 10.8. The fourth-order valence-corrected chi connectivity index (χ4v) is 5.15. The zero-order valence-electron chi connectivity index (χ0n) is 23.5. The minimum absolute atomic E-state index is 0.375. The molecule has 0 atom stereocenters. The summed E-state index contributed by atoms with van der Waals surface area (Å²) in [5.41, 5.74) is 0.505. The van der Waals surface area contributed by atoms with Gasteiger partial charge < -0.3 is 14.2 Å². The summed E-state index contributed by atoms with van der Waals surface area (Å²) < 4.78 is 17.4. The zero-order chi connectivity index (χ0) is 26.8. The normalized spacial score (nSPS) is 17.1. The van der Waals surface area contributed by atoms with Crippen LogP contribution in [-0.2, 0) is 0 Å². The van der Waals surface area contributed by atoms with Gasteiger partial charge in [0.2, 0.25) is 0 Å². The number of ether oxygens (including phenoxy) is 3. The van der Waals surface area contributed by atoms with Crippen molar-refractivity contribution in [3.8, 4) is 17.2 Å². The van der Waals surface area contributed by atoms with Crippen LogP contribution in [-0.4, -0.2) is 19.2 Å². The van der Waals surface area contributed by atoms with E-state index in [1.165, 1.54) is 77.0 Å². The molecule has 0 aromatic heterocycles. The molecule has 208 valence electrons. The van der Waals surface area contributed by atoms with Crippen LogP contribution in [0.1, 0.15) is 107 Å². The first kappa shape index (κ1) is 29.8. The summed E-state index contributed by atoms with van der Waals surface area (Å²) in [5.74, 6) is 3.31. The van der Waals surface area contributed by atoms with Crippen molar-refractivity contribution in [3.63, 3.8) is 0 Å². The van der Waals surface area contributed by atoms with Crippen LogP contribution >= 0.6 is 0 Å². The Kier molecular flexibility index (Phi) is 13.9. The van der Waals surface area contributed by atoms with Crippen LogP contribution in [0, 0.1) is 11.8 Å². The average molecular weight is 521 g/mol. The molecular formula is C34H48O4. The fourth-order valence-electron chi connectivity index (χ4n) is 5.15. The molecule has 3 rings (SSSR count). The van der Waals surface area contributed by atoms with E-state index in [1.54, 1.807) is 24.3 Å². The number of hydrogen-bond acceptors (Lipinski definition) is 4. The summed E-state index contributed by atoms with van der Waals surface area (Å²) in [6, 6.07) is 14.5. The van der Waals surface area contributed by atoms with Gasteiger partial charge in [-0.25, -0.2) is 4.79 Å². The second-order valence-corrected chi connectivity index (χ2v) is 10.8. The molecule has 0 amide bonds. The Balaban J connectivity index is 1.31. The van der Waals surface area contributed by atoms with E-state index in [0.717, 1.165) is 36.9 Å². The number of hydrogen-bond donors (Lipinski definition) is 0. The molecule has 0 radical (unpaired) electrons. The van der Waals surface area contributed by atoms with E-state index in [2.05, 4.69) is 13.5 Å². The highest BCUT2D eigenvalue weighted by Crippen LogP contribution is 2.32. The molecule has 2 aromatic rings. The summed E-state index contributed by atoms with van der Waals surface area (Å²) in [7, 11) is 0. The van der Waals surface area contributed by atoms with E-state index >= 15 is 0 Å². The van der Waals surface area contributed by atoms with Crippen molar-refractivity contribution in [2.24, 2.45) is 11.8 Å². The van der Waals surface area contributed by atoms with Crippen LogP contribution in [0.5, 0.6) is 17.2 Å². The Bertz CT molecular complexity index is 911. The number of carbonyl (C=O) groups is 1. The van der Waals surface area contributed by atoms with Gasteiger partial charge in [-0.1, -0.05) is 70.8 Å². The lowest BCUT2D eigenvalue weighted by atomic mass is 9.80. The van der Waals surface area contributed by atoms with Crippen molar-refractivity contribution in [2.75, 3.05) is 13.2 Å². The third kappa shape index (κ3) is 11.3. The van der Waals surface area contributed by atoms with Gasteiger partial charge in [0, 0.05) is 0 Å². The zero-order valence-corrected chi connectivity index (χ0v) is 23.5. The van der Waals surface area contributed by atoms with E-state index in [4.69, 9.17) is 14.2 Å². The highest BCUT2D eigenvalue weighted by molar-refractivity contribution is 5.91. The van der Waals surface area contributed by atoms with E-state index in [9.17, 15) is 4.79 Å². The summed E-state index contributed by atoms with van der Waals surface area (Å²) in [6.07, 6.45) is 19.7. The summed E-state index contributed by atoms with van der Waals surface area (Å²) in [4.78, 5) is 12.6. The van der Waals surface area contributed by atoms with Crippen molar-refractivity contribution < 1.29 is 19.0 Å². The van der Waals surface area contributed by atoms with Gasteiger partial charge in [-0.2, -0.15) is 0 Å². The molecule has 0 saturated heterocycles. The molecule has 0 N–H and O–H groups in total. The van der Waals surface area contributed by atoms with Crippen LogP contribution in [0.3, 0.4) is 0 Å². The minimum atomic E-state index is -0.375. The van der Waals surface area contributed by atoms with Crippen LogP contribution < -0.4 is 14.2 Å². The van der Waals surface area contributed by atoms with Crippen LogP contribution in [0.25, 0.3) is 0 Å². The number of esters is 1. The first-order valence-electron chi connectivity index (χ1n) is 15.0. The topological polar surface area (TPSA) is 44.8 Å². The molecular weight excluding hydrogens is 472 g/mol. The second kappa shape index (κ2) is 17.7. The molecule has 0 heterocycles. The number of allylic oxidation sites excluding steroid dienone is 1. The molecule has 0 spiro atoms. The molecule has 1 aliphatic carbocycles. The molecule has 1 fully saturated rings. The summed E-state index contributed by atoms with van der Waals surface area (Å²) in [6.45, 7) is 7.49. The molecule has 38 heavy (non-hydrogen) atoms. The van der Waals surface area contributed by atoms with E-state index in [1.807, 2.05) is 30.3 Å². The van der Waals surface area contributed by atoms with Crippen molar-refractivity contribution >= 4 is 5.97 Å². The SMILES string of the molecule is C=CCCCCCCCOc1ccc(C(=O)Oc2ccc(OCC3CCC(CCCCC)CC3)cc2)cc1. The quantitative estimate of drug-likeness (QED) is 0.0849. The molecule has 4 nitrogen and oxygen atoms in total. The van der Waals surface area contributed by atoms with E-state index in [0.29, 0.717) is 23.8 Å². The molecule has 0 aliphatic heterocycles. The Morgan fingerprint density at radius 1 is 0.763 bits per heavy atom. The lowest BCUT2D eigenvalue weighted by Gasteiger charge is -2.28. The van der Waals surface area contributed by atoms with Gasteiger partial charge in [0.1, 0.15) is 17.2 Å². The first-order chi connectivity index (χ1) is 18.7. The minimum Gasteiger partial charge on any atom is -0.494 e. The standard InChI is InChI=1S/C34H48O4/c1-3-5-7-8-9-10-12-26-36-31-20-18-30(19-21-31)34(35)38-33-24-22-32(23-25-33)37-27-29-16-14-28(15-17-29)13-11-6-4-2/h3,18-25,28-29H,1,4-17,26-27H2,2H3. The van der Waals surface area contributed by atoms with Crippen molar-refractivity contribution in [2.45, 2.75) is 96.8 Å². The van der Waals surface area contributed by atoms with Gasteiger partial charge in [0.15, 0.2) is 0 Å². The number of unbranched alkanes of at least 4 members (excludes halogenated alkanes) is 7. The molecule has 2 aromatic carbocycles. The predicted octanol–water partition coefficient (Wildman–Crippen LogP) is 9.58. The van der Waals surface area contributed by atoms with Gasteiger partial charge in [-0.15, -0.1) is 6.58 Å². The highest BCUT2D eigenvalue weighted by atomic mass is 16.5. The lowest BCUT2D eigenvalue weighted by molar-refractivity contribution is 0.0734. The summed E-state index contributed by atoms with van der Waals surface area (Å²) >= 11 is 0. The summed E-state index contributed by atoms with van der Waals surface area (Å²) in [5, 5.41) is 0. The Labute approximate surface area is 230 Å². The maximum atomic E-state index is 12.6. The highest BCUT2D eigenvalue weighted by Gasteiger charge is 2.21. The third-order valence-corrected chi connectivity index (χ3v) is 7.61. The Morgan fingerprint density at radius 2 is 1.37 bits per heavy atom. The van der Waals surface area contributed by atoms with E-state index < -0.39 is 0 Å². The average Bonchev–Trinajstić information content (AvgIpc) is 2.95. The molecule has 1 aliphatic rings. The number of benzene rings is 2. The fraction of sp³-hybridized carbons (Fsp3) is 0.559. The van der Waals surface area contributed by atoms with Gasteiger partial charge in [0.25, 0.3) is 0 Å². The van der Waals surface area contributed by atoms with Crippen molar-refractivity contribution in [3.05, 3.63) is 66.7 Å². The third-order valence-electron chi connectivity index (χ3n) is 7.61. The van der Waals surface area contributed by atoms with Gasteiger partial charge >= 0.3 is 5.97 Å². The maximum Gasteiger partial charge on any atom is 0.343 e. The van der Waals surface area contributed by atoms with Crippen molar-refractivity contribution in [1.82, 2.24) is 0 Å². The first-order valence-corrected chi connectivity index (χ1v) is 15.0. The van der Waals surface area contributed by atoms with Gasteiger partial charge in [0.05, 0.1) is 18.8 Å². The van der Waals surface area contributed by atoms with Crippen LogP contribution in [0.2, 0.25) is 0 Å². The Morgan fingerprint density at radius 3 is 2.08 bits per heavy atom. The predicted molar refractivity (Wildman–Crippen MR) is 156 cm³/mol.